The van der Waals surface area contributed by atoms with Gasteiger partial charge in [-0.05, 0) is 36.8 Å². The maximum Gasteiger partial charge on any atom is 0.226 e. The van der Waals surface area contributed by atoms with Crippen molar-refractivity contribution in [3.05, 3.63) is 65.5 Å². The third kappa shape index (κ3) is 4.34. The average Bonchev–Trinajstić information content (AvgIpc) is 2.59. The number of carbonyl (C=O) groups excluding carboxylic acids is 1. The summed E-state index contributed by atoms with van der Waals surface area (Å²) < 4.78 is 18.9. The molecule has 1 aliphatic heterocycles. The van der Waals surface area contributed by atoms with Gasteiger partial charge in [-0.25, -0.2) is 4.39 Å². The van der Waals surface area contributed by atoms with Crippen molar-refractivity contribution in [3.8, 4) is 5.75 Å². The Bertz CT molecular complexity index is 674. The summed E-state index contributed by atoms with van der Waals surface area (Å²) in [5.41, 5.74) is 2.06. The fourth-order valence-electron chi connectivity index (χ4n) is 2.92. The zero-order chi connectivity index (χ0) is 16.9. The van der Waals surface area contributed by atoms with Crippen molar-refractivity contribution < 1.29 is 13.9 Å². The Morgan fingerprint density at radius 3 is 2.33 bits per heavy atom. The lowest BCUT2D eigenvalue weighted by molar-refractivity contribution is -0.132. The number of hydrogen-bond donors (Lipinski definition) is 0. The quantitative estimate of drug-likeness (QED) is 0.856. The fraction of sp³-hybridized carbons (Fsp3) is 0.350. The molecule has 2 aromatic carbocycles. The minimum Gasteiger partial charge on any atom is -0.490 e. The third-order valence-electron chi connectivity index (χ3n) is 4.39. The zero-order valence-electron chi connectivity index (χ0n) is 13.9. The Hall–Kier alpha value is -2.36. The van der Waals surface area contributed by atoms with Gasteiger partial charge in [-0.3, -0.25) is 4.79 Å². The molecule has 0 atom stereocenters. The van der Waals surface area contributed by atoms with Gasteiger partial charge in [0.25, 0.3) is 0 Å². The van der Waals surface area contributed by atoms with Crippen LogP contribution in [0.4, 0.5) is 4.39 Å². The number of benzene rings is 2. The highest BCUT2D eigenvalue weighted by Gasteiger charge is 2.23. The van der Waals surface area contributed by atoms with Crippen LogP contribution in [0.25, 0.3) is 0 Å². The molecule has 0 N–H and O–H groups in total. The highest BCUT2D eigenvalue weighted by atomic mass is 19.1. The summed E-state index contributed by atoms with van der Waals surface area (Å²) in [7, 11) is 0. The first kappa shape index (κ1) is 16.5. The molecule has 4 heteroatoms. The van der Waals surface area contributed by atoms with Crippen LogP contribution in [0, 0.1) is 12.7 Å². The van der Waals surface area contributed by atoms with E-state index in [2.05, 4.69) is 6.92 Å². The molecule has 0 aromatic heterocycles. The zero-order valence-corrected chi connectivity index (χ0v) is 13.9. The van der Waals surface area contributed by atoms with Gasteiger partial charge < -0.3 is 9.64 Å². The van der Waals surface area contributed by atoms with Crippen LogP contribution in [0.3, 0.4) is 0 Å². The predicted octanol–water partition coefficient (Wildman–Crippen LogP) is 3.75. The molecule has 1 amide bonds. The molecule has 3 rings (SSSR count). The molecule has 0 spiro atoms. The molecule has 0 unspecified atom stereocenters. The van der Waals surface area contributed by atoms with E-state index in [1.54, 1.807) is 12.1 Å². The number of halogens is 1. The van der Waals surface area contributed by atoms with Crippen molar-refractivity contribution in [2.45, 2.75) is 32.3 Å². The molecule has 0 aliphatic carbocycles. The number of carbonyl (C=O) groups is 1. The van der Waals surface area contributed by atoms with Gasteiger partial charge in [0.1, 0.15) is 17.7 Å². The standard InChI is InChI=1S/C20H22FNO2/c1-15-2-8-18(9-3-15)24-19-10-12-22(13-11-19)20(23)14-16-4-6-17(21)7-5-16/h2-9,19H,10-14H2,1H3. The molecule has 2 aromatic rings. The van der Waals surface area contributed by atoms with Crippen LogP contribution in [0.5, 0.6) is 5.75 Å². The van der Waals surface area contributed by atoms with Gasteiger partial charge in [-0.2, -0.15) is 0 Å². The summed E-state index contributed by atoms with van der Waals surface area (Å²) in [6.07, 6.45) is 2.15. The van der Waals surface area contributed by atoms with E-state index in [1.165, 1.54) is 17.7 Å². The summed E-state index contributed by atoms with van der Waals surface area (Å²) in [4.78, 5) is 14.2. The van der Waals surface area contributed by atoms with Crippen LogP contribution in [0.1, 0.15) is 24.0 Å². The fourth-order valence-corrected chi connectivity index (χ4v) is 2.92. The monoisotopic (exact) mass is 327 g/mol. The number of likely N-dealkylation sites (tertiary alicyclic amines) is 1. The summed E-state index contributed by atoms with van der Waals surface area (Å²) in [6.45, 7) is 3.46. The number of hydrogen-bond acceptors (Lipinski definition) is 2. The molecular weight excluding hydrogens is 305 g/mol. The van der Waals surface area contributed by atoms with Crippen LogP contribution in [-0.4, -0.2) is 30.0 Å². The molecule has 0 saturated carbocycles. The largest absolute Gasteiger partial charge is 0.490 e. The molecule has 1 heterocycles. The summed E-state index contributed by atoms with van der Waals surface area (Å²) in [6, 6.07) is 14.2. The normalized spacial score (nSPS) is 15.3. The molecule has 0 radical (unpaired) electrons. The Morgan fingerprint density at radius 1 is 1.08 bits per heavy atom. The first-order chi connectivity index (χ1) is 11.6. The minimum atomic E-state index is -0.278. The van der Waals surface area contributed by atoms with Crippen molar-refractivity contribution in [3.63, 3.8) is 0 Å². The van der Waals surface area contributed by atoms with E-state index in [0.29, 0.717) is 19.5 Å². The Labute approximate surface area is 142 Å². The second kappa shape index (κ2) is 7.47. The lowest BCUT2D eigenvalue weighted by atomic mass is 10.1. The highest BCUT2D eigenvalue weighted by molar-refractivity contribution is 5.78. The number of aryl methyl sites for hydroxylation is 1. The van der Waals surface area contributed by atoms with Gasteiger partial charge in [0.05, 0.1) is 6.42 Å². The second-order valence-corrected chi connectivity index (χ2v) is 6.31. The molecule has 3 nitrogen and oxygen atoms in total. The van der Waals surface area contributed by atoms with Crippen LogP contribution >= 0.6 is 0 Å². The predicted molar refractivity (Wildman–Crippen MR) is 91.5 cm³/mol. The van der Waals surface area contributed by atoms with Crippen LogP contribution in [0.2, 0.25) is 0 Å². The van der Waals surface area contributed by atoms with Crippen molar-refractivity contribution in [2.24, 2.45) is 0 Å². The Balaban J connectivity index is 1.48. The molecule has 0 bridgehead atoms. The number of rotatable bonds is 4. The number of ether oxygens (including phenoxy) is 1. The molecule has 1 aliphatic rings. The number of nitrogens with zero attached hydrogens (tertiary/aromatic N) is 1. The van der Waals surface area contributed by atoms with Gasteiger partial charge in [-0.1, -0.05) is 29.8 Å². The molecule has 24 heavy (non-hydrogen) atoms. The van der Waals surface area contributed by atoms with Crippen molar-refractivity contribution >= 4 is 5.91 Å². The van der Waals surface area contributed by atoms with Crippen molar-refractivity contribution in [2.75, 3.05) is 13.1 Å². The van der Waals surface area contributed by atoms with E-state index in [4.69, 9.17) is 4.74 Å². The molecule has 126 valence electrons. The van der Waals surface area contributed by atoms with Crippen molar-refractivity contribution in [1.29, 1.82) is 0 Å². The maximum absolute atomic E-state index is 12.9. The van der Waals surface area contributed by atoms with Gasteiger partial charge in [0.15, 0.2) is 0 Å². The first-order valence-electron chi connectivity index (χ1n) is 8.36. The third-order valence-corrected chi connectivity index (χ3v) is 4.39. The van der Waals surface area contributed by atoms with Gasteiger partial charge >= 0.3 is 0 Å². The van der Waals surface area contributed by atoms with E-state index in [9.17, 15) is 9.18 Å². The molecule has 1 saturated heterocycles. The summed E-state index contributed by atoms with van der Waals surface area (Å²) in [5, 5.41) is 0. The second-order valence-electron chi connectivity index (χ2n) is 6.31. The highest BCUT2D eigenvalue weighted by Crippen LogP contribution is 2.20. The number of amides is 1. The Morgan fingerprint density at radius 2 is 1.71 bits per heavy atom. The maximum atomic E-state index is 12.9. The lowest BCUT2D eigenvalue weighted by Crippen LogP contribution is -2.42. The molecule has 1 fully saturated rings. The van der Waals surface area contributed by atoms with Gasteiger partial charge in [0, 0.05) is 25.9 Å². The topological polar surface area (TPSA) is 29.5 Å². The molecular formula is C20H22FNO2. The summed E-state index contributed by atoms with van der Waals surface area (Å²) in [5.74, 6) is 0.701. The van der Waals surface area contributed by atoms with Crippen molar-refractivity contribution in [1.82, 2.24) is 4.90 Å². The van der Waals surface area contributed by atoms with E-state index < -0.39 is 0 Å². The first-order valence-corrected chi connectivity index (χ1v) is 8.36. The van der Waals surface area contributed by atoms with Crippen LogP contribution in [-0.2, 0) is 11.2 Å². The smallest absolute Gasteiger partial charge is 0.226 e. The number of piperidine rings is 1. The van der Waals surface area contributed by atoms with Gasteiger partial charge in [0.2, 0.25) is 5.91 Å². The minimum absolute atomic E-state index is 0.0930. The van der Waals surface area contributed by atoms with E-state index in [1.807, 2.05) is 29.2 Å². The van der Waals surface area contributed by atoms with E-state index >= 15 is 0 Å². The lowest BCUT2D eigenvalue weighted by Gasteiger charge is -2.32. The Kier molecular flexibility index (Phi) is 5.14. The van der Waals surface area contributed by atoms with Gasteiger partial charge in [-0.15, -0.1) is 0 Å². The van der Waals surface area contributed by atoms with Crippen LogP contribution in [0.15, 0.2) is 48.5 Å². The SMILES string of the molecule is Cc1ccc(OC2CCN(C(=O)Cc3ccc(F)cc3)CC2)cc1. The summed E-state index contributed by atoms with van der Waals surface area (Å²) >= 11 is 0. The average molecular weight is 327 g/mol. The van der Waals surface area contributed by atoms with E-state index in [0.717, 1.165) is 24.2 Å². The van der Waals surface area contributed by atoms with Crippen LogP contribution < -0.4 is 4.74 Å². The van der Waals surface area contributed by atoms with E-state index in [-0.39, 0.29) is 17.8 Å².